The van der Waals surface area contributed by atoms with Crippen LogP contribution in [0.15, 0.2) is 48.5 Å². The fourth-order valence-corrected chi connectivity index (χ4v) is 3.33. The van der Waals surface area contributed by atoms with Gasteiger partial charge in [0, 0.05) is 30.9 Å². The van der Waals surface area contributed by atoms with E-state index in [0.29, 0.717) is 12.2 Å². The number of nitrogens with one attached hydrogen (secondary N) is 1. The highest BCUT2D eigenvalue weighted by atomic mass is 16.5. The number of ether oxygens (including phenoxy) is 2. The summed E-state index contributed by atoms with van der Waals surface area (Å²) in [6, 6.07) is 18.2. The maximum Gasteiger partial charge on any atom is 0.119 e. The number of nitrogens with zero attached hydrogens (tertiary/aromatic N) is 1. The molecule has 4 heteroatoms. The molecule has 2 aromatic rings. The molecule has 0 spiro atoms. The molecule has 1 saturated heterocycles. The highest BCUT2D eigenvalue weighted by Crippen LogP contribution is 2.36. The Kier molecular flexibility index (Phi) is 5.57. The van der Waals surface area contributed by atoms with Gasteiger partial charge in [0.2, 0.25) is 0 Å². The first-order valence-electron chi connectivity index (χ1n) is 8.81. The molecule has 25 heavy (non-hydrogen) atoms. The summed E-state index contributed by atoms with van der Waals surface area (Å²) >= 11 is 0. The van der Waals surface area contributed by atoms with Crippen LogP contribution in [-0.4, -0.2) is 26.4 Å². The summed E-state index contributed by atoms with van der Waals surface area (Å²) in [5.74, 6) is 0.911. The standard InChI is InChI=1S/C21H24N2O2/c1-2-25-20-9-5-18(6-10-20)21(11-13-24-14-12-21)16-23-19-7-3-17(15-22)4-8-19/h3-10,23H,2,11-14,16H2,1H3. The van der Waals surface area contributed by atoms with Crippen molar-refractivity contribution in [2.24, 2.45) is 0 Å². The second kappa shape index (κ2) is 8.04. The van der Waals surface area contributed by atoms with Crippen LogP contribution >= 0.6 is 0 Å². The molecule has 0 aliphatic carbocycles. The Hall–Kier alpha value is -2.51. The molecule has 130 valence electrons. The summed E-state index contributed by atoms with van der Waals surface area (Å²) in [7, 11) is 0. The van der Waals surface area contributed by atoms with E-state index in [2.05, 4.69) is 35.7 Å². The molecule has 0 amide bonds. The van der Waals surface area contributed by atoms with Crippen LogP contribution in [0.3, 0.4) is 0 Å². The molecule has 0 unspecified atom stereocenters. The summed E-state index contributed by atoms with van der Waals surface area (Å²) in [6.45, 7) is 5.08. The minimum absolute atomic E-state index is 0.0525. The molecule has 4 nitrogen and oxygen atoms in total. The van der Waals surface area contributed by atoms with Gasteiger partial charge >= 0.3 is 0 Å². The van der Waals surface area contributed by atoms with Gasteiger partial charge in [-0.3, -0.25) is 0 Å². The van der Waals surface area contributed by atoms with Gasteiger partial charge in [-0.15, -0.1) is 0 Å². The molecule has 1 aliphatic rings. The van der Waals surface area contributed by atoms with Crippen molar-refractivity contribution in [3.63, 3.8) is 0 Å². The summed E-state index contributed by atoms with van der Waals surface area (Å²) in [6.07, 6.45) is 1.98. The van der Waals surface area contributed by atoms with E-state index in [4.69, 9.17) is 14.7 Å². The molecule has 0 aromatic heterocycles. The normalized spacial score (nSPS) is 16.0. The third-order valence-electron chi connectivity index (χ3n) is 4.87. The van der Waals surface area contributed by atoms with Crippen LogP contribution in [0.4, 0.5) is 5.69 Å². The fraction of sp³-hybridized carbons (Fsp3) is 0.381. The van der Waals surface area contributed by atoms with E-state index >= 15 is 0 Å². The van der Waals surface area contributed by atoms with E-state index in [1.165, 1.54) is 5.56 Å². The Balaban J connectivity index is 1.76. The van der Waals surface area contributed by atoms with Gasteiger partial charge in [-0.2, -0.15) is 5.26 Å². The lowest BCUT2D eigenvalue weighted by Gasteiger charge is -2.38. The minimum Gasteiger partial charge on any atom is -0.494 e. The molecule has 1 heterocycles. The highest BCUT2D eigenvalue weighted by molar-refractivity contribution is 5.48. The number of anilines is 1. The van der Waals surface area contributed by atoms with Crippen molar-refractivity contribution in [2.75, 3.05) is 31.7 Å². The first-order valence-corrected chi connectivity index (χ1v) is 8.81. The van der Waals surface area contributed by atoms with Gasteiger partial charge < -0.3 is 14.8 Å². The summed E-state index contributed by atoms with van der Waals surface area (Å²) in [4.78, 5) is 0. The lowest BCUT2D eigenvalue weighted by molar-refractivity contribution is 0.0544. The maximum absolute atomic E-state index is 8.92. The van der Waals surface area contributed by atoms with Gasteiger partial charge in [0.1, 0.15) is 5.75 Å². The Labute approximate surface area is 149 Å². The smallest absolute Gasteiger partial charge is 0.119 e. The Morgan fingerprint density at radius 2 is 1.76 bits per heavy atom. The predicted octanol–water partition coefficient (Wildman–Crippen LogP) is 4.12. The van der Waals surface area contributed by atoms with Crippen LogP contribution in [0.25, 0.3) is 0 Å². The monoisotopic (exact) mass is 336 g/mol. The van der Waals surface area contributed by atoms with E-state index in [9.17, 15) is 0 Å². The Bertz CT molecular complexity index is 711. The van der Waals surface area contributed by atoms with E-state index in [0.717, 1.165) is 44.0 Å². The zero-order valence-corrected chi connectivity index (χ0v) is 14.6. The molecular formula is C21H24N2O2. The number of rotatable bonds is 6. The van der Waals surface area contributed by atoms with E-state index in [-0.39, 0.29) is 5.41 Å². The average molecular weight is 336 g/mol. The van der Waals surface area contributed by atoms with Crippen LogP contribution < -0.4 is 10.1 Å². The molecule has 3 rings (SSSR count). The van der Waals surface area contributed by atoms with Crippen molar-refractivity contribution < 1.29 is 9.47 Å². The summed E-state index contributed by atoms with van der Waals surface area (Å²) in [5, 5.41) is 12.5. The van der Waals surface area contributed by atoms with Gasteiger partial charge in [-0.05, 0) is 61.7 Å². The minimum atomic E-state index is 0.0525. The molecule has 0 radical (unpaired) electrons. The third kappa shape index (κ3) is 4.12. The fourth-order valence-electron chi connectivity index (χ4n) is 3.33. The Morgan fingerprint density at radius 3 is 2.36 bits per heavy atom. The molecule has 0 atom stereocenters. The second-order valence-electron chi connectivity index (χ2n) is 6.39. The van der Waals surface area contributed by atoms with Gasteiger partial charge in [0.25, 0.3) is 0 Å². The SMILES string of the molecule is CCOc1ccc(C2(CNc3ccc(C#N)cc3)CCOCC2)cc1. The first-order chi connectivity index (χ1) is 12.3. The summed E-state index contributed by atoms with van der Waals surface area (Å²) < 4.78 is 11.2. The van der Waals surface area contributed by atoms with Crippen LogP contribution in [-0.2, 0) is 10.2 Å². The van der Waals surface area contributed by atoms with Crippen LogP contribution in [0.5, 0.6) is 5.75 Å². The lowest BCUT2D eigenvalue weighted by Crippen LogP contribution is -2.40. The highest BCUT2D eigenvalue weighted by Gasteiger charge is 2.34. The second-order valence-corrected chi connectivity index (χ2v) is 6.39. The van der Waals surface area contributed by atoms with Gasteiger partial charge in [0.15, 0.2) is 0 Å². The van der Waals surface area contributed by atoms with Gasteiger partial charge in [0.05, 0.1) is 18.2 Å². The van der Waals surface area contributed by atoms with Crippen molar-refractivity contribution in [3.05, 3.63) is 59.7 Å². The van der Waals surface area contributed by atoms with Crippen molar-refractivity contribution in [3.8, 4) is 11.8 Å². The molecule has 1 aliphatic heterocycles. The van der Waals surface area contributed by atoms with Gasteiger partial charge in [-0.25, -0.2) is 0 Å². The molecule has 1 fully saturated rings. The number of benzene rings is 2. The topological polar surface area (TPSA) is 54.3 Å². The third-order valence-corrected chi connectivity index (χ3v) is 4.87. The zero-order chi connectivity index (χ0) is 17.5. The van der Waals surface area contributed by atoms with Crippen molar-refractivity contribution in [1.82, 2.24) is 0 Å². The number of hydrogen-bond acceptors (Lipinski definition) is 4. The molecule has 2 aromatic carbocycles. The van der Waals surface area contributed by atoms with Crippen molar-refractivity contribution in [1.29, 1.82) is 5.26 Å². The molecule has 1 N–H and O–H groups in total. The zero-order valence-electron chi connectivity index (χ0n) is 14.6. The number of hydrogen-bond donors (Lipinski definition) is 1. The first kappa shape index (κ1) is 17.3. The Morgan fingerprint density at radius 1 is 1.08 bits per heavy atom. The van der Waals surface area contributed by atoms with Crippen LogP contribution in [0.2, 0.25) is 0 Å². The number of nitriles is 1. The van der Waals surface area contributed by atoms with Crippen LogP contribution in [0.1, 0.15) is 30.9 Å². The lowest BCUT2D eigenvalue weighted by atomic mass is 9.74. The van der Waals surface area contributed by atoms with E-state index in [1.54, 1.807) is 0 Å². The molecular weight excluding hydrogens is 312 g/mol. The molecule has 0 saturated carbocycles. The average Bonchev–Trinajstić information content (AvgIpc) is 2.68. The van der Waals surface area contributed by atoms with E-state index in [1.807, 2.05) is 31.2 Å². The quantitative estimate of drug-likeness (QED) is 0.862. The summed E-state index contributed by atoms with van der Waals surface area (Å²) in [5.41, 5.74) is 3.09. The largest absolute Gasteiger partial charge is 0.494 e. The van der Waals surface area contributed by atoms with Crippen molar-refractivity contribution >= 4 is 5.69 Å². The maximum atomic E-state index is 8.92. The van der Waals surface area contributed by atoms with Gasteiger partial charge in [-0.1, -0.05) is 12.1 Å². The van der Waals surface area contributed by atoms with Crippen molar-refractivity contribution in [2.45, 2.75) is 25.2 Å². The predicted molar refractivity (Wildman–Crippen MR) is 99.0 cm³/mol. The van der Waals surface area contributed by atoms with E-state index < -0.39 is 0 Å². The molecule has 0 bridgehead atoms. The van der Waals surface area contributed by atoms with Crippen LogP contribution in [0, 0.1) is 11.3 Å².